The van der Waals surface area contributed by atoms with Gasteiger partial charge in [-0.3, -0.25) is 9.59 Å². The van der Waals surface area contributed by atoms with Crippen molar-refractivity contribution in [1.29, 1.82) is 0 Å². The summed E-state index contributed by atoms with van der Waals surface area (Å²) in [4.78, 5) is 22.1. The van der Waals surface area contributed by atoms with Crippen LogP contribution in [0.1, 0.15) is 70.5 Å². The molecule has 1 atom stereocenters. The Balaban J connectivity index is 2.34. The molecule has 0 N–H and O–H groups in total. The van der Waals surface area contributed by atoms with E-state index in [2.05, 4.69) is 25.7 Å². The fraction of sp³-hybridized carbons (Fsp3) is 0.700. The zero-order chi connectivity index (χ0) is 19.6. The summed E-state index contributed by atoms with van der Waals surface area (Å²) in [6.07, 6.45) is 8.72. The number of unbranched alkanes of at least 4 members (excludes halogenated alkanes) is 5. The van der Waals surface area contributed by atoms with Gasteiger partial charge in [0.2, 0.25) is 0 Å². The van der Waals surface area contributed by atoms with Crippen molar-refractivity contribution in [2.45, 2.75) is 84.5 Å². The molecule has 0 fully saturated rings. The Kier molecular flexibility index (Phi) is 9.69. The van der Waals surface area contributed by atoms with Crippen LogP contribution in [0.5, 0.6) is 0 Å². The van der Waals surface area contributed by atoms with Gasteiger partial charge in [0.05, 0.1) is 18.3 Å². The molecule has 0 radical (unpaired) electrons. The number of ether oxygens (including phenoxy) is 2. The molecule has 1 unspecified atom stereocenters. The Morgan fingerprint density at radius 3 is 2.15 bits per heavy atom. The minimum Gasteiger partial charge on any atom is -0.474 e. The van der Waals surface area contributed by atoms with Gasteiger partial charge in [-0.2, -0.15) is 0 Å². The molecule has 1 rings (SSSR count). The Morgan fingerprint density at radius 1 is 1.00 bits per heavy atom. The third kappa shape index (κ3) is 9.22. The van der Waals surface area contributed by atoms with E-state index in [1.165, 1.54) is 13.8 Å². The fourth-order valence-electron chi connectivity index (χ4n) is 2.76. The third-order valence-corrected chi connectivity index (χ3v) is 5.95. The lowest BCUT2D eigenvalue weighted by molar-refractivity contribution is -0.147. The van der Waals surface area contributed by atoms with Crippen LogP contribution in [0, 0.1) is 0 Å². The average Bonchev–Trinajstić information content (AvgIpc) is 3.01. The van der Waals surface area contributed by atoms with Crippen molar-refractivity contribution in [3.8, 4) is 0 Å². The number of carbonyl (C=O) groups excluding carboxylic acids is 2. The van der Waals surface area contributed by atoms with Gasteiger partial charge in [-0.05, 0) is 25.3 Å². The molecule has 0 aliphatic carbocycles. The minimum absolute atomic E-state index is 0.210. The van der Waals surface area contributed by atoms with Gasteiger partial charge in [-0.25, -0.2) is 0 Å². The number of rotatable bonds is 12. The van der Waals surface area contributed by atoms with Crippen LogP contribution in [0.3, 0.4) is 0 Å². The number of carbonyl (C=O) groups is 2. The molecule has 0 saturated heterocycles. The molecule has 1 aromatic heterocycles. The predicted octanol–water partition coefficient (Wildman–Crippen LogP) is 4.72. The van der Waals surface area contributed by atoms with E-state index >= 15 is 0 Å². The molecular formula is C20H34O5Si. The van der Waals surface area contributed by atoms with Crippen molar-refractivity contribution >= 4 is 25.4 Å². The second-order valence-electron chi connectivity index (χ2n) is 7.84. The molecule has 1 aromatic rings. The van der Waals surface area contributed by atoms with Crippen LogP contribution in [0.2, 0.25) is 19.6 Å². The summed E-state index contributed by atoms with van der Waals surface area (Å²) in [5, 5.41) is 1.04. The normalized spacial score (nSPS) is 12.7. The maximum absolute atomic E-state index is 11.4. The van der Waals surface area contributed by atoms with Crippen LogP contribution in [-0.2, 0) is 19.1 Å². The summed E-state index contributed by atoms with van der Waals surface area (Å²) in [6, 6.07) is 2.06. The summed E-state index contributed by atoms with van der Waals surface area (Å²) in [5.74, 6) is -0.464. The zero-order valence-corrected chi connectivity index (χ0v) is 17.9. The second-order valence-corrected chi connectivity index (χ2v) is 12.8. The highest BCUT2D eigenvalue weighted by Crippen LogP contribution is 2.25. The first-order chi connectivity index (χ1) is 12.2. The quantitative estimate of drug-likeness (QED) is 0.297. The van der Waals surface area contributed by atoms with Gasteiger partial charge in [0.1, 0.15) is 14.2 Å². The molecule has 0 aliphatic heterocycles. The number of hydrogen-bond donors (Lipinski definition) is 0. The molecule has 0 aliphatic rings. The highest BCUT2D eigenvalue weighted by atomic mass is 28.3. The van der Waals surface area contributed by atoms with Gasteiger partial charge in [0.15, 0.2) is 0 Å². The molecule has 6 heteroatoms. The van der Waals surface area contributed by atoms with Crippen LogP contribution < -0.4 is 5.38 Å². The van der Waals surface area contributed by atoms with Crippen LogP contribution in [0.25, 0.3) is 0 Å². The largest absolute Gasteiger partial charge is 0.474 e. The molecule has 5 nitrogen and oxygen atoms in total. The Bertz CT molecular complexity index is 559. The minimum atomic E-state index is -1.50. The van der Waals surface area contributed by atoms with E-state index in [1.54, 1.807) is 6.26 Å². The molecule has 1 heterocycles. The van der Waals surface area contributed by atoms with Gasteiger partial charge in [-0.1, -0.05) is 45.3 Å². The first-order valence-corrected chi connectivity index (χ1v) is 13.1. The van der Waals surface area contributed by atoms with E-state index in [4.69, 9.17) is 13.9 Å². The summed E-state index contributed by atoms with van der Waals surface area (Å²) in [6.45, 7) is 10.1. The maximum Gasteiger partial charge on any atom is 0.303 e. The highest BCUT2D eigenvalue weighted by Gasteiger charge is 2.24. The van der Waals surface area contributed by atoms with E-state index in [9.17, 15) is 9.59 Å². The molecular weight excluding hydrogens is 348 g/mol. The van der Waals surface area contributed by atoms with Crippen LogP contribution >= 0.6 is 0 Å². The average molecular weight is 383 g/mol. The maximum atomic E-state index is 11.4. The van der Waals surface area contributed by atoms with Crippen molar-refractivity contribution in [3.05, 3.63) is 17.9 Å². The SMILES string of the molecule is CC(=O)OCCCCCCCCC(OC(C)=O)c1coc([Si](C)(C)C)c1. The lowest BCUT2D eigenvalue weighted by atomic mass is 10.0. The molecule has 26 heavy (non-hydrogen) atoms. The van der Waals surface area contributed by atoms with E-state index < -0.39 is 8.07 Å². The van der Waals surface area contributed by atoms with Gasteiger partial charge in [0.25, 0.3) is 0 Å². The fourth-order valence-corrected chi connectivity index (χ4v) is 3.77. The predicted molar refractivity (Wildman–Crippen MR) is 105 cm³/mol. The van der Waals surface area contributed by atoms with Gasteiger partial charge in [0, 0.05) is 19.4 Å². The van der Waals surface area contributed by atoms with Crippen molar-refractivity contribution in [2.24, 2.45) is 0 Å². The Labute approximate surface area is 158 Å². The first-order valence-electron chi connectivity index (χ1n) is 9.59. The van der Waals surface area contributed by atoms with Gasteiger partial charge in [-0.15, -0.1) is 0 Å². The summed E-state index contributed by atoms with van der Waals surface area (Å²) in [7, 11) is -1.50. The monoisotopic (exact) mass is 382 g/mol. The molecule has 0 bridgehead atoms. The van der Waals surface area contributed by atoms with Gasteiger partial charge >= 0.3 is 11.9 Å². The molecule has 148 valence electrons. The van der Waals surface area contributed by atoms with E-state index in [0.717, 1.165) is 55.9 Å². The standard InChI is InChI=1S/C20H34O5Si/c1-16(21)23-13-11-9-7-6-8-10-12-19(25-17(2)22)18-14-20(24-15-18)26(3,4)5/h14-15,19H,6-13H2,1-5H3. The zero-order valence-electron chi connectivity index (χ0n) is 16.9. The molecule has 0 saturated carbocycles. The van der Waals surface area contributed by atoms with Crippen molar-refractivity contribution in [2.75, 3.05) is 6.61 Å². The van der Waals surface area contributed by atoms with Crippen molar-refractivity contribution in [1.82, 2.24) is 0 Å². The lowest BCUT2D eigenvalue weighted by Gasteiger charge is -2.15. The van der Waals surface area contributed by atoms with Crippen LogP contribution in [0.15, 0.2) is 16.7 Å². The highest BCUT2D eigenvalue weighted by molar-refractivity contribution is 6.87. The van der Waals surface area contributed by atoms with Crippen molar-refractivity contribution in [3.63, 3.8) is 0 Å². The van der Waals surface area contributed by atoms with Crippen LogP contribution in [-0.4, -0.2) is 26.6 Å². The summed E-state index contributed by atoms with van der Waals surface area (Å²) in [5.41, 5.74) is 0.971. The Morgan fingerprint density at radius 2 is 1.62 bits per heavy atom. The smallest absolute Gasteiger partial charge is 0.303 e. The number of hydrogen-bond acceptors (Lipinski definition) is 5. The topological polar surface area (TPSA) is 65.7 Å². The third-order valence-electron chi connectivity index (χ3n) is 4.20. The Hall–Kier alpha value is -1.56. The summed E-state index contributed by atoms with van der Waals surface area (Å²) < 4.78 is 16.2. The van der Waals surface area contributed by atoms with E-state index in [-0.39, 0.29) is 18.0 Å². The lowest BCUT2D eigenvalue weighted by Crippen LogP contribution is -2.36. The summed E-state index contributed by atoms with van der Waals surface area (Å²) >= 11 is 0. The number of furan rings is 1. The number of esters is 2. The first kappa shape index (κ1) is 22.5. The second kappa shape index (κ2) is 11.2. The van der Waals surface area contributed by atoms with E-state index in [1.807, 2.05) is 0 Å². The van der Waals surface area contributed by atoms with E-state index in [0.29, 0.717) is 6.61 Å². The molecule has 0 amide bonds. The van der Waals surface area contributed by atoms with Gasteiger partial charge < -0.3 is 13.9 Å². The molecule has 0 spiro atoms. The van der Waals surface area contributed by atoms with Crippen LogP contribution in [0.4, 0.5) is 0 Å². The van der Waals surface area contributed by atoms with Crippen molar-refractivity contribution < 1.29 is 23.5 Å². The molecule has 0 aromatic carbocycles.